The molecule has 2 N–H and O–H groups in total. The molecule has 1 heterocycles. The number of nitrogens with one attached hydrogen (secondary N) is 1. The van der Waals surface area contributed by atoms with E-state index in [2.05, 4.69) is 5.32 Å². The van der Waals surface area contributed by atoms with Crippen LogP contribution in [0.3, 0.4) is 0 Å². The molecule has 134 valence electrons. The lowest BCUT2D eigenvalue weighted by molar-refractivity contribution is 0.191. The summed E-state index contributed by atoms with van der Waals surface area (Å²) in [5.41, 5.74) is 1.81. The van der Waals surface area contributed by atoms with Crippen molar-refractivity contribution in [2.75, 3.05) is 13.2 Å². The smallest absolute Gasteiger partial charge is 0.123 e. The van der Waals surface area contributed by atoms with Gasteiger partial charge < -0.3 is 15.2 Å². The first kappa shape index (κ1) is 17.8. The minimum atomic E-state index is -0.290. The third kappa shape index (κ3) is 5.25. The van der Waals surface area contributed by atoms with Gasteiger partial charge in [0.25, 0.3) is 0 Å². The van der Waals surface area contributed by atoms with E-state index < -0.39 is 0 Å². The molecule has 0 bridgehead atoms. The third-order valence-corrected chi connectivity index (χ3v) is 4.54. The van der Waals surface area contributed by atoms with Crippen molar-refractivity contribution in [3.8, 4) is 5.75 Å². The Kier molecular flexibility index (Phi) is 6.00. The summed E-state index contributed by atoms with van der Waals surface area (Å²) in [6.07, 6.45) is 2.58. The molecular formula is C20H23F2NO2. The zero-order valence-electron chi connectivity index (χ0n) is 14.1. The highest BCUT2D eigenvalue weighted by atomic mass is 19.1. The maximum absolute atomic E-state index is 13.6. The molecule has 0 aromatic heterocycles. The molecule has 1 fully saturated rings. The van der Waals surface area contributed by atoms with Gasteiger partial charge in [0.05, 0.1) is 12.7 Å². The fraction of sp³-hybridized carbons (Fsp3) is 0.400. The summed E-state index contributed by atoms with van der Waals surface area (Å²) in [4.78, 5) is 0. The summed E-state index contributed by atoms with van der Waals surface area (Å²) in [6.45, 7) is 1.14. The van der Waals surface area contributed by atoms with Crippen LogP contribution >= 0.6 is 0 Å². The number of aliphatic hydroxyl groups excluding tert-OH is 1. The average molecular weight is 347 g/mol. The second-order valence-electron chi connectivity index (χ2n) is 6.51. The van der Waals surface area contributed by atoms with Crippen LogP contribution in [-0.4, -0.2) is 30.4 Å². The highest BCUT2D eigenvalue weighted by Crippen LogP contribution is 2.22. The van der Waals surface area contributed by atoms with E-state index in [9.17, 15) is 13.9 Å². The Labute approximate surface area is 146 Å². The highest BCUT2D eigenvalue weighted by molar-refractivity contribution is 5.35. The number of aryl methyl sites for hydroxylation is 2. The van der Waals surface area contributed by atoms with Crippen LogP contribution in [0.15, 0.2) is 42.5 Å². The van der Waals surface area contributed by atoms with E-state index in [-0.39, 0.29) is 23.8 Å². The van der Waals surface area contributed by atoms with E-state index in [4.69, 9.17) is 4.74 Å². The summed E-state index contributed by atoms with van der Waals surface area (Å²) in [7, 11) is 0. The normalized spacial score (nSPS) is 20.0. The number of halogens is 2. The van der Waals surface area contributed by atoms with Gasteiger partial charge in [-0.05, 0) is 67.1 Å². The molecule has 0 amide bonds. The van der Waals surface area contributed by atoms with Crippen LogP contribution < -0.4 is 10.1 Å². The fourth-order valence-electron chi connectivity index (χ4n) is 3.14. The molecule has 1 aliphatic rings. The van der Waals surface area contributed by atoms with Gasteiger partial charge in [0.1, 0.15) is 17.4 Å². The van der Waals surface area contributed by atoms with Crippen molar-refractivity contribution < 1.29 is 18.6 Å². The van der Waals surface area contributed by atoms with Gasteiger partial charge in [-0.25, -0.2) is 8.78 Å². The van der Waals surface area contributed by atoms with Gasteiger partial charge in [-0.1, -0.05) is 12.1 Å². The largest absolute Gasteiger partial charge is 0.493 e. The Morgan fingerprint density at radius 2 is 1.80 bits per heavy atom. The van der Waals surface area contributed by atoms with E-state index in [0.29, 0.717) is 31.7 Å². The summed E-state index contributed by atoms with van der Waals surface area (Å²) in [5.74, 6) is 0.133. The number of aliphatic hydroxyl groups is 1. The van der Waals surface area contributed by atoms with Crippen molar-refractivity contribution in [3.05, 3.63) is 65.2 Å². The van der Waals surface area contributed by atoms with Crippen LogP contribution in [0.25, 0.3) is 0 Å². The van der Waals surface area contributed by atoms with Gasteiger partial charge in [-0.3, -0.25) is 0 Å². The molecule has 3 nitrogen and oxygen atoms in total. The molecule has 0 spiro atoms. The van der Waals surface area contributed by atoms with Crippen LogP contribution in [0, 0.1) is 11.6 Å². The Morgan fingerprint density at radius 3 is 2.52 bits per heavy atom. The number of hydrogen-bond donors (Lipinski definition) is 2. The van der Waals surface area contributed by atoms with Crippen molar-refractivity contribution in [2.45, 2.75) is 37.8 Å². The predicted octanol–water partition coefficient (Wildman–Crippen LogP) is 3.24. The van der Waals surface area contributed by atoms with Crippen LogP contribution in [0.5, 0.6) is 5.75 Å². The summed E-state index contributed by atoms with van der Waals surface area (Å²) in [6, 6.07) is 11.2. The number of β-amino-alcohol motifs (C(OH)–C–C–N with tert-alkyl or cyclic N) is 1. The van der Waals surface area contributed by atoms with Crippen LogP contribution in [0.2, 0.25) is 0 Å². The SMILES string of the molecule is OC1CNC(CCOc2ccc(F)cc2CCc2ccc(F)cc2)C1. The van der Waals surface area contributed by atoms with Crippen molar-refractivity contribution in [2.24, 2.45) is 0 Å². The first-order chi connectivity index (χ1) is 12.1. The van der Waals surface area contributed by atoms with Gasteiger partial charge in [-0.15, -0.1) is 0 Å². The van der Waals surface area contributed by atoms with Gasteiger partial charge in [0.15, 0.2) is 0 Å². The van der Waals surface area contributed by atoms with Crippen molar-refractivity contribution in [1.29, 1.82) is 0 Å². The minimum absolute atomic E-state index is 0.260. The lowest BCUT2D eigenvalue weighted by Crippen LogP contribution is -2.23. The van der Waals surface area contributed by atoms with E-state index in [0.717, 1.165) is 24.0 Å². The molecule has 1 aliphatic heterocycles. The third-order valence-electron chi connectivity index (χ3n) is 4.54. The highest BCUT2D eigenvalue weighted by Gasteiger charge is 2.21. The van der Waals surface area contributed by atoms with Crippen LogP contribution in [-0.2, 0) is 12.8 Å². The molecular weight excluding hydrogens is 324 g/mol. The molecule has 2 aromatic rings. The number of benzene rings is 2. The molecule has 25 heavy (non-hydrogen) atoms. The molecule has 0 saturated carbocycles. The maximum Gasteiger partial charge on any atom is 0.123 e. The topological polar surface area (TPSA) is 41.5 Å². The van der Waals surface area contributed by atoms with Crippen molar-refractivity contribution >= 4 is 0 Å². The first-order valence-corrected chi connectivity index (χ1v) is 8.67. The fourth-order valence-corrected chi connectivity index (χ4v) is 3.14. The Morgan fingerprint density at radius 1 is 1.04 bits per heavy atom. The zero-order valence-corrected chi connectivity index (χ0v) is 14.1. The van der Waals surface area contributed by atoms with E-state index >= 15 is 0 Å². The number of ether oxygens (including phenoxy) is 1. The maximum atomic E-state index is 13.6. The molecule has 0 radical (unpaired) electrons. The molecule has 5 heteroatoms. The quantitative estimate of drug-likeness (QED) is 0.808. The van der Waals surface area contributed by atoms with Crippen molar-refractivity contribution in [3.63, 3.8) is 0 Å². The summed E-state index contributed by atoms with van der Waals surface area (Å²) in [5, 5.41) is 12.8. The van der Waals surface area contributed by atoms with Crippen molar-refractivity contribution in [1.82, 2.24) is 5.32 Å². The second-order valence-corrected chi connectivity index (χ2v) is 6.51. The molecule has 2 aromatic carbocycles. The van der Waals surface area contributed by atoms with Crippen LogP contribution in [0.4, 0.5) is 8.78 Å². The molecule has 1 saturated heterocycles. The van der Waals surface area contributed by atoms with Gasteiger partial charge >= 0.3 is 0 Å². The monoisotopic (exact) mass is 347 g/mol. The van der Waals surface area contributed by atoms with E-state index in [1.807, 2.05) is 0 Å². The van der Waals surface area contributed by atoms with Gasteiger partial charge in [0, 0.05) is 12.6 Å². The Hall–Kier alpha value is -1.98. The molecule has 3 rings (SSSR count). The van der Waals surface area contributed by atoms with E-state index in [1.165, 1.54) is 24.3 Å². The second kappa shape index (κ2) is 8.41. The lowest BCUT2D eigenvalue weighted by atomic mass is 10.0. The minimum Gasteiger partial charge on any atom is -0.493 e. The average Bonchev–Trinajstić information content (AvgIpc) is 3.01. The number of hydrogen-bond acceptors (Lipinski definition) is 3. The Bertz CT molecular complexity index is 691. The predicted molar refractivity (Wildman–Crippen MR) is 92.7 cm³/mol. The van der Waals surface area contributed by atoms with E-state index in [1.54, 1.807) is 18.2 Å². The zero-order chi connectivity index (χ0) is 17.6. The summed E-state index contributed by atoms with van der Waals surface area (Å²) < 4.78 is 32.4. The van der Waals surface area contributed by atoms with Crippen LogP contribution in [0.1, 0.15) is 24.0 Å². The summed E-state index contributed by atoms with van der Waals surface area (Å²) >= 11 is 0. The Balaban J connectivity index is 1.56. The standard InChI is InChI=1S/C20H23F2NO2/c21-16-5-2-14(3-6-16)1-4-15-11-17(22)7-8-20(15)25-10-9-18-12-19(24)13-23-18/h2-3,5-8,11,18-19,23-24H,1,4,9-10,12-13H2. The number of rotatable bonds is 7. The first-order valence-electron chi connectivity index (χ1n) is 8.67. The lowest BCUT2D eigenvalue weighted by Gasteiger charge is -2.14. The molecule has 2 atom stereocenters. The van der Waals surface area contributed by atoms with Gasteiger partial charge in [-0.2, -0.15) is 0 Å². The molecule has 2 unspecified atom stereocenters. The molecule has 0 aliphatic carbocycles. The van der Waals surface area contributed by atoms with Gasteiger partial charge in [0.2, 0.25) is 0 Å².